The van der Waals surface area contributed by atoms with Gasteiger partial charge in [0.25, 0.3) is 0 Å². The van der Waals surface area contributed by atoms with Gasteiger partial charge in [0.2, 0.25) is 11.8 Å². The number of carbonyl (C=O) groups is 3. The average Bonchev–Trinajstić information content (AvgIpc) is 3.25. The molecule has 0 bridgehead atoms. The molecule has 3 saturated carbocycles. The highest BCUT2D eigenvalue weighted by Crippen LogP contribution is 2.70. The van der Waals surface area contributed by atoms with E-state index in [-0.39, 0.29) is 40.1 Å². The van der Waals surface area contributed by atoms with Crippen molar-refractivity contribution in [1.29, 1.82) is 0 Å². The van der Waals surface area contributed by atoms with E-state index in [1.807, 2.05) is 0 Å². The molecular formula is C57H90N2O5. The maximum Gasteiger partial charge on any atom is 0.326 e. The van der Waals surface area contributed by atoms with Crippen molar-refractivity contribution >= 4 is 17.8 Å². The number of carboxylic acids is 1. The summed E-state index contributed by atoms with van der Waals surface area (Å²) in [5.74, 6) is 0.412. The molecule has 4 aliphatic carbocycles. The Morgan fingerprint density at radius 2 is 1.36 bits per heavy atom. The van der Waals surface area contributed by atoms with E-state index in [2.05, 4.69) is 138 Å². The fraction of sp³-hybridized carbons (Fsp3) is 0.702. The molecule has 0 aliphatic heterocycles. The first kappa shape index (κ1) is 53.2. The van der Waals surface area contributed by atoms with Crippen LogP contribution in [0.15, 0.2) is 84.6 Å². The van der Waals surface area contributed by atoms with Crippen molar-refractivity contribution in [3.8, 4) is 0 Å². The maximum atomic E-state index is 14.7. The molecule has 0 radical (unpaired) electrons. The van der Waals surface area contributed by atoms with Crippen molar-refractivity contribution in [2.24, 2.45) is 45.3 Å². The number of hydrogen-bond donors (Lipinski definition) is 4. The molecule has 9 unspecified atom stereocenters. The van der Waals surface area contributed by atoms with Gasteiger partial charge >= 0.3 is 5.97 Å². The molecule has 0 aromatic rings. The van der Waals surface area contributed by atoms with Crippen LogP contribution in [0.5, 0.6) is 0 Å². The number of allylic oxidation sites excluding steroid dienone is 14. The number of aliphatic hydroxyl groups is 1. The van der Waals surface area contributed by atoms with Gasteiger partial charge < -0.3 is 20.8 Å². The van der Waals surface area contributed by atoms with Crippen molar-refractivity contribution in [2.75, 3.05) is 6.54 Å². The highest BCUT2D eigenvalue weighted by Gasteiger charge is 2.64. The number of nitrogens with one attached hydrogen (secondary N) is 2. The van der Waals surface area contributed by atoms with Crippen LogP contribution in [-0.2, 0) is 14.4 Å². The second-order valence-corrected chi connectivity index (χ2v) is 21.3. The molecule has 358 valence electrons. The van der Waals surface area contributed by atoms with E-state index < -0.39 is 17.4 Å². The van der Waals surface area contributed by atoms with Gasteiger partial charge in [-0.3, -0.25) is 9.59 Å². The van der Waals surface area contributed by atoms with Crippen LogP contribution in [0.1, 0.15) is 190 Å². The number of carbonyl (C=O) groups excluding carboxylic acids is 2. The normalized spacial score (nSPS) is 31.6. The largest absolute Gasteiger partial charge is 0.480 e. The molecule has 4 N–H and O–H groups in total. The Hall–Kier alpha value is -3.45. The summed E-state index contributed by atoms with van der Waals surface area (Å²) >= 11 is 0. The third-order valence-electron chi connectivity index (χ3n) is 16.8. The molecule has 7 heteroatoms. The van der Waals surface area contributed by atoms with Crippen LogP contribution in [0.3, 0.4) is 0 Å². The Morgan fingerprint density at radius 1 is 0.750 bits per heavy atom. The number of aliphatic hydroxyl groups excluding tert-OH is 1. The molecule has 9 atom stereocenters. The van der Waals surface area contributed by atoms with E-state index in [9.17, 15) is 24.6 Å². The fourth-order valence-corrected chi connectivity index (χ4v) is 12.0. The minimum absolute atomic E-state index is 0.00278. The molecule has 0 heterocycles. The van der Waals surface area contributed by atoms with Crippen LogP contribution in [0.4, 0.5) is 0 Å². The smallest absolute Gasteiger partial charge is 0.326 e. The van der Waals surface area contributed by atoms with Crippen LogP contribution < -0.4 is 10.6 Å². The molecule has 2 amide bonds. The first-order valence-corrected chi connectivity index (χ1v) is 25.7. The summed E-state index contributed by atoms with van der Waals surface area (Å²) in [5, 5.41) is 27.5. The van der Waals surface area contributed by atoms with Crippen LogP contribution in [0.2, 0.25) is 0 Å². The number of hydrogen-bond acceptors (Lipinski definition) is 4. The Kier molecular flexibility index (Phi) is 21.6. The zero-order valence-corrected chi connectivity index (χ0v) is 41.4. The van der Waals surface area contributed by atoms with Crippen molar-refractivity contribution in [2.45, 2.75) is 202 Å². The zero-order chi connectivity index (χ0) is 46.6. The van der Waals surface area contributed by atoms with E-state index >= 15 is 0 Å². The maximum absolute atomic E-state index is 14.7. The van der Waals surface area contributed by atoms with E-state index in [1.54, 1.807) is 0 Å². The highest BCUT2D eigenvalue weighted by molar-refractivity contribution is 5.88. The summed E-state index contributed by atoms with van der Waals surface area (Å²) in [6, 6.07) is -0.950. The number of carboxylic acid groups (broad SMARTS) is 1. The summed E-state index contributed by atoms with van der Waals surface area (Å²) in [6.45, 7) is 16.8. The Balaban J connectivity index is 1.21. The highest BCUT2D eigenvalue weighted by atomic mass is 16.4. The van der Waals surface area contributed by atoms with Gasteiger partial charge in [0.05, 0.1) is 11.5 Å². The number of fused-ring (bicyclic) bond motifs is 5. The Labute approximate surface area is 389 Å². The first-order chi connectivity index (χ1) is 30.6. The zero-order valence-electron chi connectivity index (χ0n) is 41.4. The minimum Gasteiger partial charge on any atom is -0.480 e. The van der Waals surface area contributed by atoms with Gasteiger partial charge in [0, 0.05) is 13.0 Å². The molecular weight excluding hydrogens is 793 g/mol. The van der Waals surface area contributed by atoms with E-state index in [1.165, 1.54) is 5.57 Å². The van der Waals surface area contributed by atoms with Gasteiger partial charge in [-0.15, -0.1) is 0 Å². The van der Waals surface area contributed by atoms with Crippen LogP contribution >= 0.6 is 0 Å². The number of unbranched alkanes of at least 4 members (excludes halogenated alkanes) is 1. The molecule has 0 spiro atoms. The monoisotopic (exact) mass is 883 g/mol. The lowest BCUT2D eigenvalue weighted by molar-refractivity contribution is -0.153. The average molecular weight is 883 g/mol. The predicted molar refractivity (Wildman–Crippen MR) is 266 cm³/mol. The second kappa shape index (κ2) is 26.0. The minimum atomic E-state index is -0.985. The summed E-state index contributed by atoms with van der Waals surface area (Å²) in [4.78, 5) is 39.9. The third kappa shape index (κ3) is 14.3. The second-order valence-electron chi connectivity index (χ2n) is 21.3. The Bertz CT molecular complexity index is 1700. The molecule has 0 aromatic heterocycles. The summed E-state index contributed by atoms with van der Waals surface area (Å²) < 4.78 is 0. The van der Waals surface area contributed by atoms with Crippen molar-refractivity contribution in [3.05, 3.63) is 84.6 Å². The lowest BCUT2D eigenvalue weighted by Gasteiger charge is -2.65. The topological polar surface area (TPSA) is 116 Å². The van der Waals surface area contributed by atoms with Crippen LogP contribution in [-0.4, -0.2) is 46.7 Å². The van der Waals surface area contributed by atoms with Gasteiger partial charge in [0.15, 0.2) is 0 Å². The molecule has 64 heavy (non-hydrogen) atoms. The third-order valence-corrected chi connectivity index (χ3v) is 16.8. The first-order valence-electron chi connectivity index (χ1n) is 25.7. The molecule has 0 aromatic carbocycles. The van der Waals surface area contributed by atoms with E-state index in [0.717, 1.165) is 109 Å². The van der Waals surface area contributed by atoms with Gasteiger partial charge in [-0.25, -0.2) is 4.79 Å². The number of rotatable bonds is 22. The fourth-order valence-electron chi connectivity index (χ4n) is 12.0. The predicted octanol–water partition coefficient (Wildman–Crippen LogP) is 13.5. The summed E-state index contributed by atoms with van der Waals surface area (Å²) in [6.07, 6.45) is 47.7. The number of amides is 2. The van der Waals surface area contributed by atoms with Crippen molar-refractivity contribution < 1.29 is 24.6 Å². The van der Waals surface area contributed by atoms with Crippen LogP contribution in [0.25, 0.3) is 0 Å². The molecule has 3 fully saturated rings. The van der Waals surface area contributed by atoms with Crippen molar-refractivity contribution in [3.63, 3.8) is 0 Å². The summed E-state index contributed by atoms with van der Waals surface area (Å²) in [5.41, 5.74) is 0.863. The van der Waals surface area contributed by atoms with Gasteiger partial charge in [0.1, 0.15) is 6.04 Å². The van der Waals surface area contributed by atoms with Crippen molar-refractivity contribution in [1.82, 2.24) is 10.6 Å². The quantitative estimate of drug-likeness (QED) is 0.0638. The van der Waals surface area contributed by atoms with Gasteiger partial charge in [-0.1, -0.05) is 146 Å². The van der Waals surface area contributed by atoms with Crippen LogP contribution in [0, 0.1) is 45.3 Å². The molecule has 0 saturated heterocycles. The van der Waals surface area contributed by atoms with Gasteiger partial charge in [-0.05, 0) is 162 Å². The lowest BCUT2D eigenvalue weighted by Crippen LogP contribution is -2.62. The molecule has 4 aliphatic rings. The summed E-state index contributed by atoms with van der Waals surface area (Å²) in [7, 11) is 0. The standard InChI is InChI=1S/C57H90N2O5/c1-8-9-10-11-12-13-14-15-16-17-18-19-20-21-22-23-24-25-26-34-50(61)58-43-28-27-32-48(52(62)63)59-53(64)57-40-37-44(2)45(3)51(57)47-36-35-46-31-29-33-49(60)54(4,5)38-30-39-55(46,6)56(47,7)41-42-57/h9-10,12-13,15-16,18-19,21-22,24-25,36,44-46,48-49,51,60H,8,11,14,17,20,23,26-35,37-43H2,1-7H3,(H,58,61)(H,59,64)(H,62,63). The number of aliphatic carboxylic acids is 1. The Morgan fingerprint density at radius 3 is 1.97 bits per heavy atom. The lowest BCUT2D eigenvalue weighted by atomic mass is 9.39. The van der Waals surface area contributed by atoms with Gasteiger partial charge in [-0.2, -0.15) is 0 Å². The van der Waals surface area contributed by atoms with E-state index in [0.29, 0.717) is 56.4 Å². The molecule has 4 rings (SSSR count). The van der Waals surface area contributed by atoms with E-state index in [4.69, 9.17) is 0 Å². The molecule has 7 nitrogen and oxygen atoms in total. The SMILES string of the molecule is CCC=CCC=CCC=CCC=CCC=CCC=CCCC(=O)NCCCCC(NC(=O)C12CCC(C)C(C)C1C1=CCC3CCCC(O)C(C)(C)CCCC3(C)C1(C)CC2)C(=O)O.